The predicted octanol–water partition coefficient (Wildman–Crippen LogP) is 3.78. The lowest BCUT2D eigenvalue weighted by Gasteiger charge is -2.35. The molecule has 1 amide bonds. The number of amides is 1. The van der Waals surface area contributed by atoms with Gasteiger partial charge in [-0.15, -0.1) is 36.2 Å². The third-order valence-corrected chi connectivity index (χ3v) is 5.75. The molecule has 2 aliphatic carbocycles. The van der Waals surface area contributed by atoms with Crippen molar-refractivity contribution in [3.05, 3.63) is 16.1 Å². The van der Waals surface area contributed by atoms with Crippen molar-refractivity contribution in [2.75, 3.05) is 6.54 Å². The smallest absolute Gasteiger partial charge is 0.220 e. The average Bonchev–Trinajstić information content (AvgIpc) is 3.25. The zero-order valence-corrected chi connectivity index (χ0v) is 15.8. The van der Waals surface area contributed by atoms with Crippen molar-refractivity contribution in [1.82, 2.24) is 10.3 Å². The average molecular weight is 380 g/mol. The van der Waals surface area contributed by atoms with Crippen molar-refractivity contribution in [1.29, 1.82) is 0 Å². The summed E-state index contributed by atoms with van der Waals surface area (Å²) in [6, 6.07) is 0. The van der Waals surface area contributed by atoms with E-state index in [1.165, 1.54) is 37.8 Å². The van der Waals surface area contributed by atoms with E-state index in [0.717, 1.165) is 17.8 Å². The molecule has 3 rings (SSSR count). The molecule has 4 nitrogen and oxygen atoms in total. The number of hydrogen-bond acceptors (Lipinski definition) is 4. The Kier molecular flexibility index (Phi) is 8.28. The summed E-state index contributed by atoms with van der Waals surface area (Å²) >= 11 is 1.66. The van der Waals surface area contributed by atoms with E-state index in [1.807, 2.05) is 0 Å². The molecule has 1 aromatic heterocycles. The van der Waals surface area contributed by atoms with E-state index in [9.17, 15) is 4.79 Å². The molecule has 2 fully saturated rings. The van der Waals surface area contributed by atoms with Crippen molar-refractivity contribution in [2.45, 2.75) is 63.8 Å². The van der Waals surface area contributed by atoms with Crippen molar-refractivity contribution >= 4 is 42.1 Å². The first-order chi connectivity index (χ1) is 10.2. The Morgan fingerprint density at radius 2 is 2.00 bits per heavy atom. The molecular weight excluding hydrogens is 353 g/mol. The van der Waals surface area contributed by atoms with Gasteiger partial charge in [-0.1, -0.05) is 19.3 Å². The minimum atomic E-state index is 0. The minimum absolute atomic E-state index is 0. The normalized spacial score (nSPS) is 19.3. The molecule has 7 heteroatoms. The number of nitrogens with two attached hydrogens (primary N) is 1. The van der Waals surface area contributed by atoms with Gasteiger partial charge in [-0.05, 0) is 37.6 Å². The van der Waals surface area contributed by atoms with Gasteiger partial charge in [0.15, 0.2) is 0 Å². The lowest BCUT2D eigenvalue weighted by molar-refractivity contribution is -0.124. The van der Waals surface area contributed by atoms with E-state index in [0.29, 0.717) is 25.4 Å². The fourth-order valence-electron chi connectivity index (χ4n) is 3.31. The largest absolute Gasteiger partial charge is 0.350 e. The summed E-state index contributed by atoms with van der Waals surface area (Å²) in [5.74, 6) is 0.818. The zero-order chi connectivity index (χ0) is 14.7. The number of hydrogen-bond donors (Lipinski definition) is 2. The van der Waals surface area contributed by atoms with Gasteiger partial charge in [0.1, 0.15) is 5.01 Å². The summed E-state index contributed by atoms with van der Waals surface area (Å²) < 4.78 is 0. The Morgan fingerprint density at radius 1 is 1.30 bits per heavy atom. The molecule has 0 radical (unpaired) electrons. The fraction of sp³-hybridized carbons (Fsp3) is 0.750. The summed E-state index contributed by atoms with van der Waals surface area (Å²) in [7, 11) is 0. The van der Waals surface area contributed by atoms with Gasteiger partial charge < -0.3 is 11.1 Å². The highest BCUT2D eigenvalue weighted by atomic mass is 35.5. The highest BCUT2D eigenvalue weighted by Gasteiger charge is 2.33. The SMILES string of the molecule is Cl.Cl.NCC1(CC(=O)NCc2nc(C3CC3)cs2)CCCCC1. The van der Waals surface area contributed by atoms with Crippen LogP contribution in [0.4, 0.5) is 0 Å². The van der Waals surface area contributed by atoms with Gasteiger partial charge >= 0.3 is 0 Å². The third kappa shape index (κ3) is 5.59. The quantitative estimate of drug-likeness (QED) is 0.789. The van der Waals surface area contributed by atoms with Crippen molar-refractivity contribution in [3.63, 3.8) is 0 Å². The van der Waals surface area contributed by atoms with Crippen molar-refractivity contribution in [3.8, 4) is 0 Å². The molecule has 1 heterocycles. The van der Waals surface area contributed by atoms with E-state index in [4.69, 9.17) is 5.73 Å². The van der Waals surface area contributed by atoms with Gasteiger partial charge in [0.25, 0.3) is 0 Å². The second-order valence-electron chi connectivity index (χ2n) is 6.66. The van der Waals surface area contributed by atoms with Gasteiger partial charge in [-0.3, -0.25) is 4.79 Å². The molecule has 0 saturated heterocycles. The Hall–Kier alpha value is -0.360. The third-order valence-electron chi connectivity index (χ3n) is 4.88. The molecule has 0 unspecified atom stereocenters. The summed E-state index contributed by atoms with van der Waals surface area (Å²) in [6.07, 6.45) is 9.02. The van der Waals surface area contributed by atoms with Gasteiger partial charge in [-0.25, -0.2) is 4.98 Å². The Bertz CT molecular complexity index is 499. The molecular formula is C16H27Cl2N3OS. The lowest BCUT2D eigenvalue weighted by atomic mass is 9.72. The first-order valence-electron chi connectivity index (χ1n) is 8.12. The van der Waals surface area contributed by atoms with E-state index >= 15 is 0 Å². The van der Waals surface area contributed by atoms with Gasteiger partial charge in [-0.2, -0.15) is 0 Å². The summed E-state index contributed by atoms with van der Waals surface area (Å²) in [6.45, 7) is 1.19. The van der Waals surface area contributed by atoms with Crippen LogP contribution in [0.25, 0.3) is 0 Å². The molecule has 3 N–H and O–H groups in total. The topological polar surface area (TPSA) is 68.0 Å². The molecule has 132 valence electrons. The second kappa shape index (κ2) is 9.21. The van der Waals surface area contributed by atoms with Crippen LogP contribution in [-0.4, -0.2) is 17.4 Å². The van der Waals surface area contributed by atoms with Crippen LogP contribution < -0.4 is 11.1 Å². The number of halogens is 2. The summed E-state index contributed by atoms with van der Waals surface area (Å²) in [5.41, 5.74) is 7.21. The number of rotatable bonds is 6. The first kappa shape index (κ1) is 20.7. The monoisotopic (exact) mass is 379 g/mol. The van der Waals surface area contributed by atoms with Crippen LogP contribution >= 0.6 is 36.2 Å². The molecule has 0 spiro atoms. The highest BCUT2D eigenvalue weighted by molar-refractivity contribution is 7.09. The molecule has 0 aliphatic heterocycles. The minimum Gasteiger partial charge on any atom is -0.350 e. The Morgan fingerprint density at radius 3 is 2.61 bits per heavy atom. The number of nitrogens with one attached hydrogen (secondary N) is 1. The molecule has 1 aromatic rings. The maximum atomic E-state index is 12.2. The fourth-order valence-corrected chi connectivity index (χ4v) is 4.12. The maximum absolute atomic E-state index is 12.2. The highest BCUT2D eigenvalue weighted by Crippen LogP contribution is 2.40. The van der Waals surface area contributed by atoms with E-state index < -0.39 is 0 Å². The predicted molar refractivity (Wildman–Crippen MR) is 99.6 cm³/mol. The second-order valence-corrected chi connectivity index (χ2v) is 7.60. The number of nitrogens with zero attached hydrogens (tertiary/aromatic N) is 1. The summed E-state index contributed by atoms with van der Waals surface area (Å²) in [4.78, 5) is 16.8. The molecule has 23 heavy (non-hydrogen) atoms. The molecule has 2 aliphatic rings. The number of carbonyl (C=O) groups excluding carboxylic acids is 1. The number of carbonyl (C=O) groups is 1. The van der Waals surface area contributed by atoms with Crippen LogP contribution in [0.3, 0.4) is 0 Å². The van der Waals surface area contributed by atoms with Gasteiger partial charge in [0.2, 0.25) is 5.91 Å². The van der Waals surface area contributed by atoms with Gasteiger partial charge in [0, 0.05) is 17.7 Å². The first-order valence-corrected chi connectivity index (χ1v) is 9.00. The summed E-state index contributed by atoms with van der Waals surface area (Å²) in [5, 5.41) is 6.20. The van der Waals surface area contributed by atoms with Crippen molar-refractivity contribution < 1.29 is 4.79 Å². The van der Waals surface area contributed by atoms with E-state index in [-0.39, 0.29) is 36.1 Å². The molecule has 0 bridgehead atoms. The Balaban J connectivity index is 0.00000132. The van der Waals surface area contributed by atoms with Crippen molar-refractivity contribution in [2.24, 2.45) is 11.1 Å². The molecule has 0 aromatic carbocycles. The van der Waals surface area contributed by atoms with Crippen LogP contribution in [0.5, 0.6) is 0 Å². The zero-order valence-electron chi connectivity index (χ0n) is 13.4. The van der Waals surface area contributed by atoms with Crippen LogP contribution in [0.15, 0.2) is 5.38 Å². The standard InChI is InChI=1S/C16H25N3OS.2ClH/c17-11-16(6-2-1-3-7-16)8-14(20)18-9-15-19-13(10-21-15)12-4-5-12;;/h10,12H,1-9,11,17H2,(H,18,20);2*1H. The molecule has 2 saturated carbocycles. The van der Waals surface area contributed by atoms with E-state index in [2.05, 4.69) is 15.7 Å². The van der Waals surface area contributed by atoms with Crippen LogP contribution in [0.1, 0.15) is 68.0 Å². The lowest BCUT2D eigenvalue weighted by Crippen LogP contribution is -2.38. The molecule has 0 atom stereocenters. The van der Waals surface area contributed by atoms with Gasteiger partial charge in [0.05, 0.1) is 12.2 Å². The Labute approximate surface area is 154 Å². The van der Waals surface area contributed by atoms with E-state index in [1.54, 1.807) is 11.3 Å². The number of thiazole rings is 1. The maximum Gasteiger partial charge on any atom is 0.220 e. The van der Waals surface area contributed by atoms with Crippen LogP contribution in [0.2, 0.25) is 0 Å². The number of aromatic nitrogens is 1. The van der Waals surface area contributed by atoms with Crippen LogP contribution in [-0.2, 0) is 11.3 Å². The van der Waals surface area contributed by atoms with Crippen LogP contribution in [0, 0.1) is 5.41 Å².